The molecule has 0 aliphatic carbocycles. The molecule has 0 aromatic carbocycles. The van der Waals surface area contributed by atoms with E-state index in [9.17, 15) is 61.0 Å². The summed E-state index contributed by atoms with van der Waals surface area (Å²) >= 11 is 0. The molecule has 0 bridgehead atoms. The minimum Gasteiger partial charge on any atom is -0.394 e. The van der Waals surface area contributed by atoms with Crippen molar-refractivity contribution in [1.29, 1.82) is 0 Å². The van der Waals surface area contributed by atoms with Crippen molar-refractivity contribution in [2.45, 2.75) is 420 Å². The lowest BCUT2D eigenvalue weighted by molar-refractivity contribution is -0.379. The Morgan fingerprint density at radius 1 is 0.360 bits per heavy atom. The van der Waals surface area contributed by atoms with Crippen LogP contribution < -0.4 is 5.32 Å². The van der Waals surface area contributed by atoms with Gasteiger partial charge in [0, 0.05) is 6.42 Å². The summed E-state index contributed by atoms with van der Waals surface area (Å²) in [6.45, 7) is 1.74. The molecule has 0 spiro atoms. The zero-order valence-electron chi connectivity index (χ0n) is 62.4. The van der Waals surface area contributed by atoms with E-state index < -0.39 is 124 Å². The van der Waals surface area contributed by atoms with E-state index in [0.29, 0.717) is 12.8 Å². The predicted octanol–water partition coefficient (Wildman–Crippen LogP) is 13.5. The van der Waals surface area contributed by atoms with Crippen LogP contribution in [0.5, 0.6) is 0 Å². The molecule has 17 atom stereocenters. The molecule has 0 aromatic heterocycles. The zero-order chi connectivity index (χ0) is 72.5. The zero-order valence-corrected chi connectivity index (χ0v) is 62.4. The largest absolute Gasteiger partial charge is 0.394 e. The Bertz CT molecular complexity index is 2040. The van der Waals surface area contributed by atoms with Crippen molar-refractivity contribution >= 4 is 5.91 Å². The summed E-state index contributed by atoms with van der Waals surface area (Å²) < 4.78 is 34.4. The summed E-state index contributed by atoms with van der Waals surface area (Å²) in [4.78, 5) is 13.5. The van der Waals surface area contributed by atoms with Gasteiger partial charge in [0.2, 0.25) is 5.91 Å². The van der Waals surface area contributed by atoms with Crippen LogP contribution in [0.1, 0.15) is 316 Å². The summed E-state index contributed by atoms with van der Waals surface area (Å²) in [6, 6.07) is -0.997. The number of unbranched alkanes of at least 4 members (excludes halogenated alkanes) is 40. The summed E-state index contributed by atoms with van der Waals surface area (Å²) in [7, 11) is 0. The van der Waals surface area contributed by atoms with Gasteiger partial charge < -0.3 is 89.9 Å². The number of carbonyl (C=O) groups excluding carboxylic acids is 1. The molecule has 1 amide bonds. The van der Waals surface area contributed by atoms with Crippen LogP contribution in [0.15, 0.2) is 60.8 Å². The van der Waals surface area contributed by atoms with Gasteiger partial charge in [-0.15, -0.1) is 0 Å². The van der Waals surface area contributed by atoms with Crippen molar-refractivity contribution in [2.24, 2.45) is 0 Å². The third-order valence-corrected chi connectivity index (χ3v) is 20.0. The van der Waals surface area contributed by atoms with Crippen molar-refractivity contribution < 1.29 is 89.4 Å². The minimum atomic E-state index is -1.98. The third kappa shape index (κ3) is 41.4. The second kappa shape index (κ2) is 61.6. The Kier molecular flexibility index (Phi) is 56.5. The van der Waals surface area contributed by atoms with Crippen molar-refractivity contribution in [2.75, 3.05) is 26.4 Å². The van der Waals surface area contributed by atoms with Crippen LogP contribution in [0.4, 0.5) is 0 Å². The first-order chi connectivity index (χ1) is 48.8. The Hall–Kier alpha value is -2.51. The van der Waals surface area contributed by atoms with E-state index in [1.165, 1.54) is 218 Å². The van der Waals surface area contributed by atoms with E-state index in [0.717, 1.165) is 64.2 Å². The fourth-order valence-electron chi connectivity index (χ4n) is 13.5. The fraction of sp³-hybridized carbons (Fsp3) is 0.864. The van der Waals surface area contributed by atoms with Gasteiger partial charge in [-0.1, -0.05) is 299 Å². The summed E-state index contributed by atoms with van der Waals surface area (Å²) in [5, 5.41) is 121. The van der Waals surface area contributed by atoms with E-state index in [1.807, 2.05) is 6.08 Å². The minimum absolute atomic E-state index is 0.229. The van der Waals surface area contributed by atoms with E-state index >= 15 is 0 Å². The normalized spacial score (nSPS) is 26.8. The maximum absolute atomic E-state index is 13.5. The van der Waals surface area contributed by atoms with Gasteiger partial charge in [0.1, 0.15) is 73.2 Å². The molecule has 3 aliphatic rings. The highest BCUT2D eigenvalue weighted by Crippen LogP contribution is 2.33. The van der Waals surface area contributed by atoms with Gasteiger partial charge in [0.05, 0.1) is 38.6 Å². The topological polar surface area (TPSA) is 307 Å². The van der Waals surface area contributed by atoms with Crippen molar-refractivity contribution in [3.8, 4) is 0 Å². The second-order valence-corrected chi connectivity index (χ2v) is 28.9. The Morgan fingerprint density at radius 2 is 0.670 bits per heavy atom. The third-order valence-electron chi connectivity index (χ3n) is 20.0. The Morgan fingerprint density at radius 3 is 1.07 bits per heavy atom. The van der Waals surface area contributed by atoms with Crippen LogP contribution in [-0.2, 0) is 33.2 Å². The fourth-order valence-corrected chi connectivity index (χ4v) is 13.5. The standard InChI is InChI=1S/C81H147NO18/c1-3-5-7-9-11-13-15-17-19-21-23-25-27-29-30-31-32-33-35-36-38-40-42-44-46-48-50-52-54-56-58-65(86)64(82-69(87)59-57-55-53-51-49-47-45-43-41-39-37-34-28-26-24-22-20-18-16-14-12-10-8-6-4-2)63-95-79-75(93)72(90)77(67(61-84)97-79)100-81-76(94)73(91)78(68(62-85)98-81)99-80-74(92)71(89)70(88)66(60-83)96-80/h16,18,22,24,28,34,48,50,56,58,64-68,70-81,83-86,88-94H,3-15,17,19-21,23,25-27,29-33,35-47,49,51-55,57,59-63H2,1-2H3,(H,82,87)/b18-16-,24-22-,34-28-,50-48+,58-56+. The Balaban J connectivity index is 1.39. The van der Waals surface area contributed by atoms with Gasteiger partial charge in [-0.25, -0.2) is 0 Å². The molecule has 3 fully saturated rings. The lowest BCUT2D eigenvalue weighted by atomic mass is 9.96. The first-order valence-corrected chi connectivity index (χ1v) is 40.5. The quantitative estimate of drug-likeness (QED) is 0.0199. The molecular weight excluding hydrogens is 1270 g/mol. The lowest BCUT2D eigenvalue weighted by Crippen LogP contribution is -2.66. The van der Waals surface area contributed by atoms with Gasteiger partial charge in [-0.3, -0.25) is 4.79 Å². The number of carbonyl (C=O) groups is 1. The predicted molar refractivity (Wildman–Crippen MR) is 397 cm³/mol. The highest BCUT2D eigenvalue weighted by Gasteiger charge is 2.54. The number of hydrogen-bond donors (Lipinski definition) is 12. The van der Waals surface area contributed by atoms with Crippen LogP contribution >= 0.6 is 0 Å². The lowest BCUT2D eigenvalue weighted by Gasteiger charge is -2.48. The van der Waals surface area contributed by atoms with Gasteiger partial charge in [0.15, 0.2) is 18.9 Å². The molecule has 0 saturated carbocycles. The van der Waals surface area contributed by atoms with Crippen molar-refractivity contribution in [1.82, 2.24) is 5.32 Å². The molecule has 17 unspecified atom stereocenters. The molecule has 100 heavy (non-hydrogen) atoms. The van der Waals surface area contributed by atoms with Crippen LogP contribution in [-0.4, -0.2) is 193 Å². The monoisotopic (exact) mass is 1420 g/mol. The molecule has 584 valence electrons. The van der Waals surface area contributed by atoms with Crippen LogP contribution in [0.25, 0.3) is 0 Å². The molecule has 19 heteroatoms. The molecule has 3 saturated heterocycles. The first kappa shape index (κ1) is 91.7. The number of hydrogen-bond acceptors (Lipinski definition) is 18. The molecule has 0 aromatic rings. The number of aliphatic hydroxyl groups is 11. The van der Waals surface area contributed by atoms with Gasteiger partial charge in [0.25, 0.3) is 0 Å². The maximum Gasteiger partial charge on any atom is 0.220 e. The van der Waals surface area contributed by atoms with Gasteiger partial charge >= 0.3 is 0 Å². The van der Waals surface area contributed by atoms with Crippen LogP contribution in [0, 0.1) is 0 Å². The highest BCUT2D eigenvalue weighted by atomic mass is 16.8. The maximum atomic E-state index is 13.5. The van der Waals surface area contributed by atoms with E-state index in [2.05, 4.69) is 67.8 Å². The van der Waals surface area contributed by atoms with Gasteiger partial charge in [-0.2, -0.15) is 0 Å². The van der Waals surface area contributed by atoms with Crippen LogP contribution in [0.3, 0.4) is 0 Å². The average Bonchev–Trinajstić information content (AvgIpc) is 0.783. The molecular formula is C81H147NO18. The highest BCUT2D eigenvalue weighted by molar-refractivity contribution is 5.76. The Labute approximate surface area is 605 Å². The molecule has 3 aliphatic heterocycles. The molecule has 3 rings (SSSR count). The average molecular weight is 1420 g/mol. The van der Waals surface area contributed by atoms with E-state index in [1.54, 1.807) is 6.08 Å². The molecule has 19 nitrogen and oxygen atoms in total. The first-order valence-electron chi connectivity index (χ1n) is 40.5. The van der Waals surface area contributed by atoms with Crippen molar-refractivity contribution in [3.63, 3.8) is 0 Å². The second-order valence-electron chi connectivity index (χ2n) is 28.9. The number of aliphatic hydroxyl groups excluding tert-OH is 11. The number of nitrogens with one attached hydrogen (secondary N) is 1. The van der Waals surface area contributed by atoms with E-state index in [4.69, 9.17) is 28.4 Å². The van der Waals surface area contributed by atoms with Crippen molar-refractivity contribution in [3.05, 3.63) is 60.8 Å². The van der Waals surface area contributed by atoms with Gasteiger partial charge in [-0.05, 0) is 70.6 Å². The summed E-state index contributed by atoms with van der Waals surface area (Å²) in [5.41, 5.74) is 0. The molecule has 12 N–H and O–H groups in total. The number of amides is 1. The number of ether oxygens (including phenoxy) is 6. The SMILES string of the molecule is CCCCCCC/C=C\C/C=C\C/C=C\CCCCCCCCCCCCC(=O)NC(COC1OC(CO)C(OC2OC(CO)C(OC3OC(CO)C(O)C(O)C3O)C(O)C2O)C(O)C1O)C(O)/C=C/CC/C=C/CCCCCCCCCCCCCCCCCCCCCCCCCC. The van der Waals surface area contributed by atoms with Crippen LogP contribution in [0.2, 0.25) is 0 Å². The number of allylic oxidation sites excluding steroid dienone is 9. The summed E-state index contributed by atoms with van der Waals surface area (Å²) in [5.74, 6) is -0.287. The smallest absolute Gasteiger partial charge is 0.220 e. The molecule has 0 radical (unpaired) electrons. The molecule has 3 heterocycles. The number of rotatable bonds is 64. The van der Waals surface area contributed by atoms with E-state index in [-0.39, 0.29) is 18.9 Å². The summed E-state index contributed by atoms with van der Waals surface area (Å²) in [6.07, 6.45) is 52.1.